The van der Waals surface area contributed by atoms with E-state index in [1.54, 1.807) is 49.6 Å². The van der Waals surface area contributed by atoms with Crippen molar-refractivity contribution in [1.82, 2.24) is 4.90 Å². The summed E-state index contributed by atoms with van der Waals surface area (Å²) in [7, 11) is 1.58. The van der Waals surface area contributed by atoms with E-state index in [0.717, 1.165) is 32.6 Å². The Morgan fingerprint density at radius 2 is 1.74 bits per heavy atom. The Labute approximate surface area is 186 Å². The van der Waals surface area contributed by atoms with Gasteiger partial charge in [-0.1, -0.05) is 24.3 Å². The number of nitrogens with zero attached hydrogens (tertiary/aromatic N) is 1. The predicted octanol–water partition coefficient (Wildman–Crippen LogP) is 5.36. The van der Waals surface area contributed by atoms with E-state index in [-0.39, 0.29) is 23.3 Å². The van der Waals surface area contributed by atoms with Crippen LogP contribution in [0, 0.1) is 0 Å². The number of carbonyl (C=O) groups is 3. The fraction of sp³-hybridized carbons (Fsp3) is 0.0870. The minimum absolute atomic E-state index is 0.206. The number of carbonyl (C=O) groups excluding carboxylic acids is 2. The molecule has 0 saturated carbocycles. The summed E-state index contributed by atoms with van der Waals surface area (Å²) in [4.78, 5) is 39.5. The van der Waals surface area contributed by atoms with Crippen LogP contribution in [-0.4, -0.2) is 34.2 Å². The van der Waals surface area contributed by atoms with Crippen LogP contribution in [0.3, 0.4) is 0 Å². The zero-order valence-electron chi connectivity index (χ0n) is 16.4. The number of carboxylic acids is 1. The fourth-order valence-electron chi connectivity index (χ4n) is 3.04. The number of carboxylic acid groups (broad SMARTS) is 1. The van der Waals surface area contributed by atoms with Crippen LogP contribution >= 0.6 is 23.1 Å². The van der Waals surface area contributed by atoms with Crippen LogP contribution in [-0.2, 0) is 11.3 Å². The molecule has 1 saturated heterocycles. The number of aromatic carboxylic acids is 1. The number of benzene rings is 2. The standard InChI is InChI=1S/C23H17NO5S2/c1-29-17-8-2-14(3-9-17)13-24-21(25)20(31-23(24)28)12-18-10-11-19(30-18)15-4-6-16(7-5-15)22(26)27/h2-12H,13H2,1H3,(H,26,27)/b20-12-. The molecule has 1 N–H and O–H groups in total. The van der Waals surface area contributed by atoms with Crippen molar-refractivity contribution < 1.29 is 24.2 Å². The first-order valence-corrected chi connectivity index (χ1v) is 10.9. The summed E-state index contributed by atoms with van der Waals surface area (Å²) in [5.74, 6) is -0.570. The normalized spacial score (nSPS) is 15.0. The first kappa shape index (κ1) is 20.9. The molecule has 1 aromatic heterocycles. The molecule has 0 atom stereocenters. The highest BCUT2D eigenvalue weighted by atomic mass is 32.2. The SMILES string of the molecule is COc1ccc(CN2C(=O)S/C(=C\c3ccc(-c4ccc(C(=O)O)cc4)s3)C2=O)cc1. The quantitative estimate of drug-likeness (QED) is 0.508. The predicted molar refractivity (Wildman–Crippen MR) is 121 cm³/mol. The van der Waals surface area contributed by atoms with E-state index >= 15 is 0 Å². The van der Waals surface area contributed by atoms with Gasteiger partial charge in [-0.15, -0.1) is 11.3 Å². The van der Waals surface area contributed by atoms with Crippen molar-refractivity contribution in [2.24, 2.45) is 0 Å². The highest BCUT2D eigenvalue weighted by Gasteiger charge is 2.35. The summed E-state index contributed by atoms with van der Waals surface area (Å²) in [5, 5.41) is 8.72. The van der Waals surface area contributed by atoms with Crippen molar-refractivity contribution in [2.75, 3.05) is 7.11 Å². The summed E-state index contributed by atoms with van der Waals surface area (Å²) in [6, 6.07) is 17.6. The van der Waals surface area contributed by atoms with E-state index < -0.39 is 5.97 Å². The van der Waals surface area contributed by atoms with Crippen molar-refractivity contribution in [2.45, 2.75) is 6.54 Å². The first-order valence-electron chi connectivity index (χ1n) is 9.26. The highest BCUT2D eigenvalue weighted by Crippen LogP contribution is 2.36. The number of imide groups is 1. The average molecular weight is 452 g/mol. The van der Waals surface area contributed by atoms with Crippen molar-refractivity contribution in [3.63, 3.8) is 0 Å². The molecule has 0 aliphatic carbocycles. The van der Waals surface area contributed by atoms with Gasteiger partial charge < -0.3 is 9.84 Å². The van der Waals surface area contributed by atoms with Crippen molar-refractivity contribution in [3.8, 4) is 16.2 Å². The smallest absolute Gasteiger partial charge is 0.335 e. The van der Waals surface area contributed by atoms with E-state index in [1.165, 1.54) is 16.2 Å². The van der Waals surface area contributed by atoms with Crippen LogP contribution in [0.2, 0.25) is 0 Å². The van der Waals surface area contributed by atoms with Crippen LogP contribution in [0.1, 0.15) is 20.8 Å². The second-order valence-corrected chi connectivity index (χ2v) is 8.81. The number of hydrogen-bond acceptors (Lipinski definition) is 6. The highest BCUT2D eigenvalue weighted by molar-refractivity contribution is 8.18. The molecule has 0 radical (unpaired) electrons. The Kier molecular flexibility index (Phi) is 5.92. The van der Waals surface area contributed by atoms with E-state index in [4.69, 9.17) is 9.84 Å². The molecule has 2 amide bonds. The molecular weight excluding hydrogens is 434 g/mol. The lowest BCUT2D eigenvalue weighted by Crippen LogP contribution is -2.27. The molecule has 3 aromatic rings. The monoisotopic (exact) mass is 451 g/mol. The summed E-state index contributed by atoms with van der Waals surface area (Å²) < 4.78 is 5.13. The van der Waals surface area contributed by atoms with E-state index in [9.17, 15) is 14.4 Å². The molecule has 156 valence electrons. The maximum Gasteiger partial charge on any atom is 0.335 e. The Balaban J connectivity index is 1.49. The van der Waals surface area contributed by atoms with Gasteiger partial charge in [0.25, 0.3) is 11.1 Å². The van der Waals surface area contributed by atoms with E-state index in [2.05, 4.69) is 0 Å². The third kappa shape index (κ3) is 4.55. The Morgan fingerprint density at radius 1 is 1.03 bits per heavy atom. The zero-order chi connectivity index (χ0) is 22.0. The Hall–Kier alpha value is -3.36. The van der Waals surface area contributed by atoms with Gasteiger partial charge in [0, 0.05) is 9.75 Å². The molecule has 8 heteroatoms. The number of methoxy groups -OCH3 is 1. The topological polar surface area (TPSA) is 83.9 Å². The molecule has 6 nitrogen and oxygen atoms in total. The number of thioether (sulfide) groups is 1. The molecular formula is C23H17NO5S2. The second kappa shape index (κ2) is 8.79. The van der Waals surface area contributed by atoms with Crippen LogP contribution < -0.4 is 4.74 Å². The lowest BCUT2D eigenvalue weighted by molar-refractivity contribution is -0.123. The minimum Gasteiger partial charge on any atom is -0.497 e. The minimum atomic E-state index is -0.969. The van der Waals surface area contributed by atoms with Gasteiger partial charge >= 0.3 is 5.97 Å². The van der Waals surface area contributed by atoms with Crippen molar-refractivity contribution in [1.29, 1.82) is 0 Å². The molecule has 0 unspecified atom stereocenters. The molecule has 4 rings (SSSR count). The average Bonchev–Trinajstić information content (AvgIpc) is 3.35. The number of rotatable bonds is 6. The van der Waals surface area contributed by atoms with E-state index in [1.807, 2.05) is 24.3 Å². The van der Waals surface area contributed by atoms with Gasteiger partial charge in [-0.05, 0) is 65.4 Å². The molecule has 1 aliphatic rings. The lowest BCUT2D eigenvalue weighted by Gasteiger charge is -2.12. The Morgan fingerprint density at radius 3 is 2.39 bits per heavy atom. The summed E-state index contributed by atoms with van der Waals surface area (Å²) in [5.41, 5.74) is 1.96. The van der Waals surface area contributed by atoms with E-state index in [0.29, 0.717) is 10.7 Å². The van der Waals surface area contributed by atoms with Gasteiger partial charge in [-0.2, -0.15) is 0 Å². The lowest BCUT2D eigenvalue weighted by atomic mass is 10.1. The summed E-state index contributed by atoms with van der Waals surface area (Å²) >= 11 is 2.40. The van der Waals surface area contributed by atoms with Gasteiger partial charge in [-0.25, -0.2) is 4.79 Å². The van der Waals surface area contributed by atoms with Crippen LogP contribution in [0.15, 0.2) is 65.6 Å². The molecule has 1 aliphatic heterocycles. The maximum atomic E-state index is 12.8. The number of amides is 2. The van der Waals surface area contributed by atoms with Crippen LogP contribution in [0.4, 0.5) is 4.79 Å². The molecule has 0 bridgehead atoms. The third-order valence-corrected chi connectivity index (χ3v) is 6.68. The number of hydrogen-bond donors (Lipinski definition) is 1. The van der Waals surface area contributed by atoms with Gasteiger partial charge in [0.2, 0.25) is 0 Å². The Bertz CT molecular complexity index is 1180. The number of ether oxygens (including phenoxy) is 1. The van der Waals surface area contributed by atoms with Gasteiger partial charge in [0.15, 0.2) is 0 Å². The van der Waals surface area contributed by atoms with Crippen molar-refractivity contribution >= 4 is 46.3 Å². The molecule has 0 spiro atoms. The molecule has 31 heavy (non-hydrogen) atoms. The second-order valence-electron chi connectivity index (χ2n) is 6.70. The largest absolute Gasteiger partial charge is 0.497 e. The molecule has 2 aromatic carbocycles. The zero-order valence-corrected chi connectivity index (χ0v) is 18.0. The van der Waals surface area contributed by atoms with Crippen LogP contribution in [0.25, 0.3) is 16.5 Å². The summed E-state index contributed by atoms with van der Waals surface area (Å²) in [6.45, 7) is 0.206. The number of thiophene rings is 1. The van der Waals surface area contributed by atoms with Crippen molar-refractivity contribution in [3.05, 3.63) is 81.6 Å². The molecule has 2 heterocycles. The maximum absolute atomic E-state index is 12.8. The van der Waals surface area contributed by atoms with Gasteiger partial charge in [0.05, 0.1) is 24.1 Å². The van der Waals surface area contributed by atoms with Gasteiger partial charge in [-0.3, -0.25) is 14.5 Å². The van der Waals surface area contributed by atoms with Gasteiger partial charge in [0.1, 0.15) is 5.75 Å². The fourth-order valence-corrected chi connectivity index (χ4v) is 4.90. The first-order chi connectivity index (χ1) is 14.9. The van der Waals surface area contributed by atoms with Crippen LogP contribution in [0.5, 0.6) is 5.75 Å². The molecule has 1 fully saturated rings. The third-order valence-electron chi connectivity index (χ3n) is 4.69. The summed E-state index contributed by atoms with van der Waals surface area (Å²) in [6.07, 6.45) is 1.72.